The number of nitrogens with zero attached hydrogens (tertiary/aromatic N) is 1. The van der Waals surface area contributed by atoms with Crippen molar-refractivity contribution in [2.45, 2.75) is 18.4 Å². The van der Waals surface area contributed by atoms with Crippen LogP contribution in [0.1, 0.15) is 18.4 Å². The predicted molar refractivity (Wildman–Crippen MR) is 65.6 cm³/mol. The van der Waals surface area contributed by atoms with Gasteiger partial charge in [0.05, 0.1) is 12.1 Å². The van der Waals surface area contributed by atoms with E-state index in [4.69, 9.17) is 5.11 Å². The molecule has 1 saturated carbocycles. The van der Waals surface area contributed by atoms with Crippen LogP contribution >= 0.6 is 0 Å². The van der Waals surface area contributed by atoms with Crippen LogP contribution in [-0.4, -0.2) is 36.2 Å². The minimum absolute atomic E-state index is 0.0620. The number of aliphatic hydroxyl groups excluding tert-OH is 1. The number of aliphatic hydroxyl groups is 1. The summed E-state index contributed by atoms with van der Waals surface area (Å²) in [5.41, 5.74) is 0.573. The van der Waals surface area contributed by atoms with Crippen molar-refractivity contribution in [1.29, 1.82) is 0 Å². The van der Waals surface area contributed by atoms with Crippen LogP contribution in [0.3, 0.4) is 0 Å². The average molecular weight is 252 g/mol. The third-order valence-electron chi connectivity index (χ3n) is 3.28. The highest BCUT2D eigenvalue weighted by Crippen LogP contribution is 2.45. The van der Waals surface area contributed by atoms with Gasteiger partial charge in [-0.15, -0.1) is 0 Å². The maximum absolute atomic E-state index is 12.9. The Bertz CT molecular complexity index is 429. The van der Waals surface area contributed by atoms with Crippen molar-refractivity contribution in [3.8, 4) is 0 Å². The maximum atomic E-state index is 12.9. The van der Waals surface area contributed by atoms with E-state index in [9.17, 15) is 9.18 Å². The number of nitrogens with one attached hydrogen (secondary N) is 1. The van der Waals surface area contributed by atoms with E-state index in [0.29, 0.717) is 6.54 Å². The molecule has 1 fully saturated rings. The van der Waals surface area contributed by atoms with Crippen LogP contribution in [0.4, 0.5) is 9.18 Å². The summed E-state index contributed by atoms with van der Waals surface area (Å²) in [6.45, 7) is 0.235. The Hall–Kier alpha value is -1.62. The number of urea groups is 1. The largest absolute Gasteiger partial charge is 0.395 e. The molecule has 1 aliphatic carbocycles. The van der Waals surface area contributed by atoms with E-state index in [2.05, 4.69) is 5.32 Å². The van der Waals surface area contributed by atoms with Gasteiger partial charge < -0.3 is 15.3 Å². The van der Waals surface area contributed by atoms with E-state index in [1.54, 1.807) is 19.2 Å². The van der Waals surface area contributed by atoms with Crippen LogP contribution in [0.2, 0.25) is 0 Å². The van der Waals surface area contributed by atoms with Gasteiger partial charge in [0.25, 0.3) is 0 Å². The SMILES string of the molecule is CN(CCO)C(=O)NC1(c2ccc(F)cc2)CC1. The second kappa shape index (κ2) is 4.94. The molecule has 0 radical (unpaired) electrons. The molecule has 0 saturated heterocycles. The molecule has 2 amide bonds. The molecule has 0 bridgehead atoms. The second-order valence-electron chi connectivity index (χ2n) is 4.66. The second-order valence-corrected chi connectivity index (χ2v) is 4.66. The summed E-state index contributed by atoms with van der Waals surface area (Å²) < 4.78 is 12.9. The highest BCUT2D eigenvalue weighted by Gasteiger charge is 2.46. The van der Waals surface area contributed by atoms with Crippen molar-refractivity contribution in [1.82, 2.24) is 10.2 Å². The Balaban J connectivity index is 2.04. The van der Waals surface area contributed by atoms with Gasteiger partial charge in [0.1, 0.15) is 5.82 Å². The molecule has 1 aliphatic rings. The van der Waals surface area contributed by atoms with E-state index in [0.717, 1.165) is 18.4 Å². The number of rotatable bonds is 4. The van der Waals surface area contributed by atoms with Crippen LogP contribution in [0.25, 0.3) is 0 Å². The van der Waals surface area contributed by atoms with Crippen molar-refractivity contribution < 1.29 is 14.3 Å². The van der Waals surface area contributed by atoms with E-state index in [1.165, 1.54) is 17.0 Å². The molecule has 0 unspecified atom stereocenters. The van der Waals surface area contributed by atoms with Gasteiger partial charge in [-0.05, 0) is 30.5 Å². The van der Waals surface area contributed by atoms with E-state index >= 15 is 0 Å². The lowest BCUT2D eigenvalue weighted by molar-refractivity contribution is 0.186. The number of halogens is 1. The van der Waals surface area contributed by atoms with Gasteiger partial charge in [-0.1, -0.05) is 12.1 Å². The summed E-state index contributed by atoms with van der Waals surface area (Å²) in [5.74, 6) is -0.279. The van der Waals surface area contributed by atoms with Crippen molar-refractivity contribution in [3.05, 3.63) is 35.6 Å². The summed E-state index contributed by atoms with van der Waals surface area (Å²) in [6, 6.07) is 5.99. The lowest BCUT2D eigenvalue weighted by Crippen LogP contribution is -2.44. The molecule has 5 heteroatoms. The molecule has 2 N–H and O–H groups in total. The highest BCUT2D eigenvalue weighted by molar-refractivity contribution is 5.75. The van der Waals surface area contributed by atoms with Crippen LogP contribution in [0.15, 0.2) is 24.3 Å². The zero-order valence-electron chi connectivity index (χ0n) is 10.3. The lowest BCUT2D eigenvalue weighted by Gasteiger charge is -2.23. The van der Waals surface area contributed by atoms with E-state index < -0.39 is 0 Å². The fourth-order valence-electron chi connectivity index (χ4n) is 1.93. The lowest BCUT2D eigenvalue weighted by atomic mass is 10.1. The Morgan fingerprint density at radius 3 is 2.56 bits per heavy atom. The maximum Gasteiger partial charge on any atom is 0.317 e. The summed E-state index contributed by atoms with van der Waals surface area (Å²) in [4.78, 5) is 13.3. The van der Waals surface area contributed by atoms with Gasteiger partial charge >= 0.3 is 6.03 Å². The molecular weight excluding hydrogens is 235 g/mol. The quantitative estimate of drug-likeness (QED) is 0.852. The number of carbonyl (C=O) groups is 1. The number of hydrogen-bond acceptors (Lipinski definition) is 2. The molecule has 0 aromatic heterocycles. The number of benzene rings is 1. The van der Waals surface area contributed by atoms with Crippen molar-refractivity contribution >= 4 is 6.03 Å². The highest BCUT2D eigenvalue weighted by atomic mass is 19.1. The molecule has 0 aliphatic heterocycles. The van der Waals surface area contributed by atoms with E-state index in [-0.39, 0.29) is 24.0 Å². The number of amides is 2. The van der Waals surface area contributed by atoms with Crippen LogP contribution in [-0.2, 0) is 5.54 Å². The molecule has 0 atom stereocenters. The summed E-state index contributed by atoms with van der Waals surface area (Å²) in [5, 5.41) is 11.7. The van der Waals surface area contributed by atoms with Gasteiger partial charge in [0, 0.05) is 13.6 Å². The first-order chi connectivity index (χ1) is 8.57. The molecule has 1 aromatic carbocycles. The third kappa shape index (κ3) is 2.61. The topological polar surface area (TPSA) is 52.6 Å². The first-order valence-corrected chi connectivity index (χ1v) is 5.97. The van der Waals surface area contributed by atoms with Gasteiger partial charge in [-0.2, -0.15) is 0 Å². The Morgan fingerprint density at radius 2 is 2.06 bits per heavy atom. The fraction of sp³-hybridized carbons (Fsp3) is 0.462. The monoisotopic (exact) mass is 252 g/mol. The summed E-state index contributed by atoms with van der Waals surface area (Å²) in [7, 11) is 1.63. The summed E-state index contributed by atoms with van der Waals surface area (Å²) in [6.07, 6.45) is 1.72. The first-order valence-electron chi connectivity index (χ1n) is 5.97. The minimum atomic E-state index is -0.353. The molecule has 18 heavy (non-hydrogen) atoms. The van der Waals surface area contributed by atoms with Gasteiger partial charge in [-0.25, -0.2) is 9.18 Å². The van der Waals surface area contributed by atoms with Gasteiger partial charge in [0.2, 0.25) is 0 Å². The van der Waals surface area contributed by atoms with Crippen molar-refractivity contribution in [2.24, 2.45) is 0 Å². The minimum Gasteiger partial charge on any atom is -0.395 e. The predicted octanol–water partition coefficient (Wildman–Crippen LogP) is 1.45. The van der Waals surface area contributed by atoms with Crippen molar-refractivity contribution in [3.63, 3.8) is 0 Å². The first kappa shape index (κ1) is 12.8. The zero-order chi connectivity index (χ0) is 13.2. The standard InChI is InChI=1S/C13H17FN2O2/c1-16(8-9-17)12(18)15-13(6-7-13)10-2-4-11(14)5-3-10/h2-5,17H,6-9H2,1H3,(H,15,18). The van der Waals surface area contributed by atoms with Gasteiger partial charge in [-0.3, -0.25) is 0 Å². The number of hydrogen-bond donors (Lipinski definition) is 2. The Labute approximate surface area is 105 Å². The molecule has 2 rings (SSSR count). The van der Waals surface area contributed by atoms with Crippen LogP contribution in [0, 0.1) is 5.82 Å². The smallest absolute Gasteiger partial charge is 0.317 e. The fourth-order valence-corrected chi connectivity index (χ4v) is 1.93. The third-order valence-corrected chi connectivity index (χ3v) is 3.28. The summed E-state index contributed by atoms with van der Waals surface area (Å²) >= 11 is 0. The van der Waals surface area contributed by atoms with Crippen LogP contribution in [0.5, 0.6) is 0 Å². The van der Waals surface area contributed by atoms with E-state index in [1.807, 2.05) is 0 Å². The molecule has 4 nitrogen and oxygen atoms in total. The Morgan fingerprint density at radius 1 is 1.44 bits per heavy atom. The normalized spacial score (nSPS) is 16.2. The molecule has 0 spiro atoms. The molecular formula is C13H17FN2O2. The van der Waals surface area contributed by atoms with Crippen LogP contribution < -0.4 is 5.32 Å². The Kier molecular flexibility index (Phi) is 3.52. The average Bonchev–Trinajstić information content (AvgIpc) is 3.11. The molecule has 98 valence electrons. The number of carbonyl (C=O) groups excluding carboxylic acids is 1. The zero-order valence-corrected chi connectivity index (χ0v) is 10.3. The van der Waals surface area contributed by atoms with Crippen molar-refractivity contribution in [2.75, 3.05) is 20.2 Å². The van der Waals surface area contributed by atoms with Gasteiger partial charge in [0.15, 0.2) is 0 Å². The molecule has 0 heterocycles. The number of likely N-dealkylation sites (N-methyl/N-ethyl adjacent to an activating group) is 1. The molecule has 1 aromatic rings.